The average molecular weight is 364 g/mol. The van der Waals surface area contributed by atoms with Gasteiger partial charge in [0.25, 0.3) is 5.69 Å². The second-order valence-electron chi connectivity index (χ2n) is 5.82. The lowest BCUT2D eigenvalue weighted by molar-refractivity contribution is -0.385. The van der Waals surface area contributed by atoms with Crippen molar-refractivity contribution in [3.8, 4) is 0 Å². The molecule has 0 bridgehead atoms. The summed E-state index contributed by atoms with van der Waals surface area (Å²) < 4.78 is 51.9. The summed E-state index contributed by atoms with van der Waals surface area (Å²) in [7, 11) is -1.10. The summed E-state index contributed by atoms with van der Waals surface area (Å²) in [5, 5.41) is 10.8. The number of hydrogen-bond donors (Lipinski definition) is 0. The van der Waals surface area contributed by atoms with Gasteiger partial charge in [0, 0.05) is 47.5 Å². The van der Waals surface area contributed by atoms with E-state index in [0.717, 1.165) is 12.1 Å². The molecule has 1 fully saturated rings. The van der Waals surface area contributed by atoms with Crippen LogP contribution in [0.25, 0.3) is 0 Å². The van der Waals surface area contributed by atoms with Gasteiger partial charge in [0.05, 0.1) is 15.2 Å². The normalized spacial score (nSPS) is 20.9. The number of halogens is 3. The van der Waals surface area contributed by atoms with Crippen LogP contribution in [-0.2, 0) is 17.0 Å². The molecule has 0 radical (unpaired) electrons. The predicted molar refractivity (Wildman–Crippen MR) is 86.6 cm³/mol. The molecule has 1 aromatic rings. The molecule has 5 nitrogen and oxygen atoms in total. The highest BCUT2D eigenvalue weighted by molar-refractivity contribution is 7.86. The number of hydrogen-bond acceptors (Lipinski definition) is 4. The lowest BCUT2D eigenvalue weighted by atomic mass is 10.00. The van der Waals surface area contributed by atoms with E-state index < -0.39 is 37.9 Å². The first kappa shape index (κ1) is 18.7. The summed E-state index contributed by atoms with van der Waals surface area (Å²) >= 11 is 0. The van der Waals surface area contributed by atoms with E-state index in [1.807, 2.05) is 13.8 Å². The monoisotopic (exact) mass is 364 g/mol. The predicted octanol–water partition coefficient (Wildman–Crippen LogP) is 3.74. The Hall–Kier alpha value is -1.64. The fourth-order valence-electron chi connectivity index (χ4n) is 3.05. The Balaban J connectivity index is 2.48. The zero-order valence-electron chi connectivity index (χ0n) is 13.4. The lowest BCUT2D eigenvalue weighted by Crippen LogP contribution is -2.53. The van der Waals surface area contributed by atoms with E-state index in [4.69, 9.17) is 0 Å². The van der Waals surface area contributed by atoms with Crippen LogP contribution in [0.5, 0.6) is 0 Å². The van der Waals surface area contributed by atoms with Crippen molar-refractivity contribution < 1.29 is 22.3 Å². The van der Waals surface area contributed by atoms with Crippen molar-refractivity contribution in [2.75, 3.05) is 23.7 Å². The standard InChI is InChI=1S/C15H19F3N2O3S/c1-3-14(4-2)10-19(7-8-24(14)23)13-6-5-11(20(21)22)9-12(13)15(16,17)18/h5-6,9H,3-4,7-8,10H2,1-2H3. The summed E-state index contributed by atoms with van der Waals surface area (Å²) in [5.74, 6) is 0.288. The number of rotatable bonds is 4. The molecule has 0 aliphatic carbocycles. The number of nitro groups is 1. The van der Waals surface area contributed by atoms with Crippen LogP contribution < -0.4 is 4.90 Å². The lowest BCUT2D eigenvalue weighted by Gasteiger charge is -2.42. The van der Waals surface area contributed by atoms with E-state index in [1.165, 1.54) is 0 Å². The number of non-ortho nitro benzene ring substituents is 1. The Kier molecular flexibility index (Phi) is 5.22. The summed E-state index contributed by atoms with van der Waals surface area (Å²) in [6.45, 7) is 4.24. The molecule has 1 heterocycles. The quantitative estimate of drug-likeness (QED) is 0.603. The smallest absolute Gasteiger partial charge is 0.369 e. The molecule has 0 N–H and O–H groups in total. The molecule has 0 amide bonds. The maximum Gasteiger partial charge on any atom is 0.418 e. The zero-order chi connectivity index (χ0) is 18.1. The van der Waals surface area contributed by atoms with Crippen molar-refractivity contribution >= 4 is 22.2 Å². The first-order chi connectivity index (χ1) is 11.1. The van der Waals surface area contributed by atoms with Gasteiger partial charge >= 0.3 is 6.18 Å². The van der Waals surface area contributed by atoms with Crippen molar-refractivity contribution in [3.63, 3.8) is 0 Å². The Labute approximate surface area is 140 Å². The van der Waals surface area contributed by atoms with E-state index in [2.05, 4.69) is 0 Å². The van der Waals surface area contributed by atoms with Gasteiger partial charge in [0.15, 0.2) is 0 Å². The van der Waals surface area contributed by atoms with Gasteiger partial charge in [-0.3, -0.25) is 14.3 Å². The van der Waals surface area contributed by atoms with Crippen LogP contribution in [0.2, 0.25) is 0 Å². The van der Waals surface area contributed by atoms with Gasteiger partial charge in [0.1, 0.15) is 0 Å². The van der Waals surface area contributed by atoms with Gasteiger partial charge < -0.3 is 4.90 Å². The first-order valence-electron chi connectivity index (χ1n) is 7.63. The fourth-order valence-corrected chi connectivity index (χ4v) is 4.81. The summed E-state index contributed by atoms with van der Waals surface area (Å²) in [6.07, 6.45) is -3.50. The van der Waals surface area contributed by atoms with Crippen LogP contribution in [0.15, 0.2) is 18.2 Å². The third kappa shape index (κ3) is 3.40. The molecular weight excluding hydrogens is 345 g/mol. The van der Waals surface area contributed by atoms with Gasteiger partial charge in [-0.1, -0.05) is 13.8 Å². The molecule has 0 spiro atoms. The van der Waals surface area contributed by atoms with Gasteiger partial charge in [0.2, 0.25) is 0 Å². The Morgan fingerprint density at radius 3 is 2.46 bits per heavy atom. The molecule has 1 aromatic carbocycles. The molecule has 1 atom stereocenters. The molecule has 1 aliphatic rings. The maximum atomic E-state index is 13.4. The molecular formula is C15H19F3N2O3S. The second kappa shape index (κ2) is 6.70. The van der Waals surface area contributed by atoms with E-state index in [-0.39, 0.29) is 24.5 Å². The highest BCUT2D eigenvalue weighted by Crippen LogP contribution is 2.41. The molecule has 1 aliphatic heterocycles. The molecule has 1 saturated heterocycles. The second-order valence-corrected chi connectivity index (χ2v) is 7.78. The molecule has 134 valence electrons. The van der Waals surface area contributed by atoms with Crippen molar-refractivity contribution in [1.29, 1.82) is 0 Å². The number of benzene rings is 1. The topological polar surface area (TPSA) is 63.4 Å². The van der Waals surface area contributed by atoms with E-state index in [0.29, 0.717) is 18.9 Å². The van der Waals surface area contributed by atoms with Gasteiger partial charge in [-0.05, 0) is 18.9 Å². The Bertz CT molecular complexity index is 660. The molecule has 24 heavy (non-hydrogen) atoms. The van der Waals surface area contributed by atoms with Crippen molar-refractivity contribution in [2.45, 2.75) is 37.6 Å². The number of anilines is 1. The highest BCUT2D eigenvalue weighted by Gasteiger charge is 2.42. The van der Waals surface area contributed by atoms with Crippen LogP contribution in [0.4, 0.5) is 24.5 Å². The summed E-state index contributed by atoms with van der Waals surface area (Å²) in [4.78, 5) is 11.5. The minimum atomic E-state index is -4.70. The third-order valence-corrected chi connectivity index (χ3v) is 6.86. The number of alkyl halides is 3. The van der Waals surface area contributed by atoms with E-state index >= 15 is 0 Å². The van der Waals surface area contributed by atoms with Gasteiger partial charge in [-0.15, -0.1) is 0 Å². The van der Waals surface area contributed by atoms with Crippen molar-refractivity contribution in [3.05, 3.63) is 33.9 Å². The molecule has 0 saturated carbocycles. The molecule has 1 unspecified atom stereocenters. The fraction of sp³-hybridized carbons (Fsp3) is 0.600. The van der Waals surface area contributed by atoms with Gasteiger partial charge in [-0.2, -0.15) is 13.2 Å². The van der Waals surface area contributed by atoms with E-state index in [1.54, 1.807) is 4.90 Å². The Morgan fingerprint density at radius 2 is 1.96 bits per heavy atom. The molecule has 9 heteroatoms. The molecule has 2 rings (SSSR count). The summed E-state index contributed by atoms with van der Waals surface area (Å²) in [5.41, 5.74) is -1.70. The van der Waals surface area contributed by atoms with Crippen molar-refractivity contribution in [2.24, 2.45) is 0 Å². The summed E-state index contributed by atoms with van der Waals surface area (Å²) in [6, 6.07) is 2.79. The molecule has 0 aromatic heterocycles. The first-order valence-corrected chi connectivity index (χ1v) is 8.95. The van der Waals surface area contributed by atoms with Crippen LogP contribution in [0, 0.1) is 10.1 Å². The van der Waals surface area contributed by atoms with Crippen LogP contribution in [0.1, 0.15) is 32.3 Å². The van der Waals surface area contributed by atoms with Crippen LogP contribution in [-0.4, -0.2) is 32.7 Å². The average Bonchev–Trinajstić information content (AvgIpc) is 2.54. The minimum Gasteiger partial charge on any atom is -0.369 e. The van der Waals surface area contributed by atoms with Crippen LogP contribution in [0.3, 0.4) is 0 Å². The minimum absolute atomic E-state index is 0.0870. The zero-order valence-corrected chi connectivity index (χ0v) is 14.2. The maximum absolute atomic E-state index is 13.4. The van der Waals surface area contributed by atoms with E-state index in [9.17, 15) is 27.5 Å². The highest BCUT2D eigenvalue weighted by atomic mass is 32.2. The third-order valence-electron chi connectivity index (χ3n) is 4.63. The van der Waals surface area contributed by atoms with Crippen molar-refractivity contribution in [1.82, 2.24) is 0 Å². The number of nitrogens with zero attached hydrogens (tertiary/aromatic N) is 2. The van der Waals surface area contributed by atoms with Crippen LogP contribution >= 0.6 is 0 Å². The largest absolute Gasteiger partial charge is 0.418 e. The number of nitro benzene ring substituents is 1. The van der Waals surface area contributed by atoms with Gasteiger partial charge in [-0.25, -0.2) is 0 Å². The SMILES string of the molecule is CCC1(CC)CN(c2ccc([N+](=O)[O-])cc2C(F)(F)F)CCS1=O. The Morgan fingerprint density at radius 1 is 1.33 bits per heavy atom.